The summed E-state index contributed by atoms with van der Waals surface area (Å²) in [5.74, 6) is 0. The average Bonchev–Trinajstić information content (AvgIpc) is 1.97. The molecule has 0 fully saturated rings. The zero-order chi connectivity index (χ0) is 7.66. The first-order valence-corrected chi connectivity index (χ1v) is 8.03. The Balaban J connectivity index is 2.70. The zero-order valence-electron chi connectivity index (χ0n) is 6.94. The molecule has 0 N–H and O–H groups in total. The van der Waals surface area contributed by atoms with Crippen molar-refractivity contribution in [2.75, 3.05) is 0 Å². The molecule has 0 aliphatic carbocycles. The van der Waals surface area contributed by atoms with Gasteiger partial charge in [0.2, 0.25) is 0 Å². The van der Waals surface area contributed by atoms with E-state index in [4.69, 9.17) is 0 Å². The molecular formula is C8H18OSn. The molecule has 10 heavy (non-hydrogen) atoms. The summed E-state index contributed by atoms with van der Waals surface area (Å²) in [6.45, 7) is 2.23. The van der Waals surface area contributed by atoms with Gasteiger partial charge in [0.05, 0.1) is 0 Å². The van der Waals surface area contributed by atoms with Crippen molar-refractivity contribution in [1.82, 2.24) is 0 Å². The Morgan fingerprint density at radius 3 is 2.20 bits per heavy atom. The van der Waals surface area contributed by atoms with Crippen molar-refractivity contribution in [3.05, 3.63) is 0 Å². The maximum absolute atomic E-state index is 10.2. The molecule has 0 spiro atoms. The summed E-state index contributed by atoms with van der Waals surface area (Å²) in [5, 5.41) is 0. The van der Waals surface area contributed by atoms with Crippen LogP contribution in [0.3, 0.4) is 0 Å². The molecule has 0 heterocycles. The van der Waals surface area contributed by atoms with Gasteiger partial charge in [-0.1, -0.05) is 0 Å². The second kappa shape index (κ2) is 9.60. The Bertz CT molecular complexity index is 73.7. The van der Waals surface area contributed by atoms with Crippen LogP contribution < -0.4 is 0 Å². The fraction of sp³-hybridized carbons (Fsp3) is 1.00. The molecular weight excluding hydrogens is 231 g/mol. The standard InChI is InChI=1S/C8H17.O.Sn.H/c1-3-5-7-8-6-4-2;;;/h1,3-8H2,2H3;;;. The molecule has 0 saturated carbocycles. The summed E-state index contributed by atoms with van der Waals surface area (Å²) in [6.07, 6.45) is 7.97. The van der Waals surface area contributed by atoms with Crippen LogP contribution in [0.4, 0.5) is 0 Å². The minimum atomic E-state index is -1.24. The fourth-order valence-electron chi connectivity index (χ4n) is 1.01. The molecule has 0 aliphatic rings. The van der Waals surface area contributed by atoms with E-state index >= 15 is 0 Å². The molecule has 0 unspecified atom stereocenters. The second-order valence-electron chi connectivity index (χ2n) is 2.72. The van der Waals surface area contributed by atoms with Crippen LogP contribution in [0.2, 0.25) is 4.44 Å². The number of rotatable bonds is 7. The Kier molecular flexibility index (Phi) is 10.2. The van der Waals surface area contributed by atoms with E-state index < -0.39 is 21.1 Å². The number of hydrogen-bond acceptors (Lipinski definition) is 1. The van der Waals surface area contributed by atoms with Gasteiger partial charge in [-0.05, 0) is 0 Å². The van der Waals surface area contributed by atoms with Gasteiger partial charge in [0.15, 0.2) is 0 Å². The molecule has 0 aliphatic heterocycles. The zero-order valence-corrected chi connectivity index (χ0v) is 10.2. The van der Waals surface area contributed by atoms with Crippen LogP contribution in [-0.2, 0) is 3.08 Å². The third kappa shape index (κ3) is 8.60. The number of unbranched alkanes of at least 4 members (excludes halogenated alkanes) is 5. The van der Waals surface area contributed by atoms with Crippen LogP contribution in [0.1, 0.15) is 45.4 Å². The molecule has 0 rings (SSSR count). The summed E-state index contributed by atoms with van der Waals surface area (Å²) >= 11 is -1.24. The van der Waals surface area contributed by atoms with Gasteiger partial charge in [-0.25, -0.2) is 0 Å². The van der Waals surface area contributed by atoms with Crippen LogP contribution >= 0.6 is 0 Å². The molecule has 0 atom stereocenters. The van der Waals surface area contributed by atoms with Gasteiger partial charge < -0.3 is 0 Å². The summed E-state index contributed by atoms with van der Waals surface area (Å²) in [4.78, 5) is 0. The molecule has 0 aromatic rings. The molecule has 0 aromatic heterocycles. The Hall–Kier alpha value is 0.599. The summed E-state index contributed by atoms with van der Waals surface area (Å²) in [5.41, 5.74) is 0. The van der Waals surface area contributed by atoms with Gasteiger partial charge in [-0.15, -0.1) is 0 Å². The van der Waals surface area contributed by atoms with Gasteiger partial charge in [0.25, 0.3) is 0 Å². The monoisotopic (exact) mass is 250 g/mol. The van der Waals surface area contributed by atoms with Crippen molar-refractivity contribution in [2.45, 2.75) is 49.9 Å². The predicted molar refractivity (Wildman–Crippen MR) is 46.0 cm³/mol. The van der Waals surface area contributed by atoms with Gasteiger partial charge in [0, 0.05) is 0 Å². The molecule has 0 bridgehead atoms. The first kappa shape index (κ1) is 10.6. The third-order valence-corrected chi connectivity index (χ3v) is 3.51. The minimum absolute atomic E-state index is 1.07. The third-order valence-electron chi connectivity index (χ3n) is 1.68. The summed E-state index contributed by atoms with van der Waals surface area (Å²) in [6, 6.07) is 0. The van der Waals surface area contributed by atoms with Gasteiger partial charge in [0.1, 0.15) is 0 Å². The van der Waals surface area contributed by atoms with E-state index in [9.17, 15) is 3.08 Å². The Morgan fingerprint density at radius 1 is 1.00 bits per heavy atom. The molecule has 1 nitrogen and oxygen atoms in total. The van der Waals surface area contributed by atoms with E-state index in [-0.39, 0.29) is 0 Å². The van der Waals surface area contributed by atoms with Crippen molar-refractivity contribution in [1.29, 1.82) is 0 Å². The van der Waals surface area contributed by atoms with Crippen LogP contribution in [0.5, 0.6) is 0 Å². The van der Waals surface area contributed by atoms with Crippen LogP contribution in [0, 0.1) is 0 Å². The van der Waals surface area contributed by atoms with Crippen LogP contribution in [-0.4, -0.2) is 21.1 Å². The SMILES string of the molecule is CCCCCCC[CH2][SnH]=[O]. The van der Waals surface area contributed by atoms with Crippen molar-refractivity contribution in [3.8, 4) is 0 Å². The Labute approximate surface area is 74.2 Å². The first-order valence-electron chi connectivity index (χ1n) is 4.35. The van der Waals surface area contributed by atoms with Gasteiger partial charge >= 0.3 is 74.1 Å². The van der Waals surface area contributed by atoms with E-state index in [1.54, 1.807) is 0 Å². The molecule has 0 aromatic carbocycles. The van der Waals surface area contributed by atoms with Crippen molar-refractivity contribution >= 4 is 21.1 Å². The quantitative estimate of drug-likeness (QED) is 0.500. The Morgan fingerprint density at radius 2 is 1.60 bits per heavy atom. The number of hydrogen-bond donors (Lipinski definition) is 0. The van der Waals surface area contributed by atoms with E-state index in [0.29, 0.717) is 0 Å². The fourth-order valence-corrected chi connectivity index (χ4v) is 2.31. The van der Waals surface area contributed by atoms with Gasteiger partial charge in [-0.3, -0.25) is 0 Å². The average molecular weight is 249 g/mol. The summed E-state index contributed by atoms with van der Waals surface area (Å²) in [7, 11) is 0. The van der Waals surface area contributed by atoms with Gasteiger partial charge in [-0.2, -0.15) is 0 Å². The van der Waals surface area contributed by atoms with E-state index in [1.165, 1.54) is 38.5 Å². The van der Waals surface area contributed by atoms with E-state index in [0.717, 1.165) is 4.44 Å². The van der Waals surface area contributed by atoms with Crippen molar-refractivity contribution in [2.24, 2.45) is 0 Å². The van der Waals surface area contributed by atoms with Crippen molar-refractivity contribution < 1.29 is 3.08 Å². The topological polar surface area (TPSA) is 17.1 Å². The first-order chi connectivity index (χ1) is 4.91. The molecule has 0 amide bonds. The van der Waals surface area contributed by atoms with Crippen molar-refractivity contribution in [3.63, 3.8) is 0 Å². The van der Waals surface area contributed by atoms with E-state index in [2.05, 4.69) is 6.92 Å². The molecule has 0 saturated heterocycles. The van der Waals surface area contributed by atoms with Crippen LogP contribution in [0.15, 0.2) is 0 Å². The molecule has 60 valence electrons. The maximum atomic E-state index is 10.2. The van der Waals surface area contributed by atoms with E-state index in [1.807, 2.05) is 0 Å². The normalized spacial score (nSPS) is 9.70. The summed E-state index contributed by atoms with van der Waals surface area (Å²) < 4.78 is 11.3. The predicted octanol–water partition coefficient (Wildman–Crippen LogP) is 2.55. The molecule has 0 radical (unpaired) electrons. The molecule has 2 heteroatoms. The van der Waals surface area contributed by atoms with Crippen LogP contribution in [0.25, 0.3) is 0 Å². The second-order valence-corrected chi connectivity index (χ2v) is 5.32.